The molecule has 0 fully saturated rings. The van der Waals surface area contributed by atoms with Gasteiger partial charge in [0.1, 0.15) is 5.75 Å². The smallest absolute Gasteiger partial charge is 0.123 e. The van der Waals surface area contributed by atoms with E-state index in [4.69, 9.17) is 0 Å². The van der Waals surface area contributed by atoms with Crippen LogP contribution in [-0.4, -0.2) is 11.7 Å². The van der Waals surface area contributed by atoms with Crippen LogP contribution in [0.3, 0.4) is 0 Å². The molecule has 2 aromatic rings. The average molecular weight is 269 g/mol. The topological polar surface area (TPSA) is 32.3 Å². The van der Waals surface area contributed by atoms with Crippen molar-refractivity contribution in [3.63, 3.8) is 0 Å². The molecule has 0 amide bonds. The highest BCUT2D eigenvalue weighted by Crippen LogP contribution is 2.28. The molecule has 0 saturated carbocycles. The van der Waals surface area contributed by atoms with Crippen molar-refractivity contribution in [1.82, 2.24) is 0 Å². The number of benzene rings is 2. The van der Waals surface area contributed by atoms with Crippen molar-refractivity contribution in [3.05, 3.63) is 59.2 Å². The summed E-state index contributed by atoms with van der Waals surface area (Å²) in [4.78, 5) is 0. The number of aromatic hydroxyl groups is 1. The first kappa shape index (κ1) is 14.4. The lowest BCUT2D eigenvalue weighted by Crippen LogP contribution is -2.07. The van der Waals surface area contributed by atoms with Gasteiger partial charge in [-0.05, 0) is 43.4 Å². The minimum atomic E-state index is 0.395. The fourth-order valence-corrected chi connectivity index (χ4v) is 2.40. The molecular weight excluding hydrogens is 246 g/mol. The fourth-order valence-electron chi connectivity index (χ4n) is 2.40. The van der Waals surface area contributed by atoms with Crippen molar-refractivity contribution in [1.29, 1.82) is 0 Å². The Kier molecular flexibility index (Phi) is 4.67. The van der Waals surface area contributed by atoms with E-state index in [1.165, 1.54) is 5.56 Å². The third-order valence-corrected chi connectivity index (χ3v) is 3.89. The van der Waals surface area contributed by atoms with Crippen molar-refractivity contribution in [2.24, 2.45) is 0 Å². The lowest BCUT2D eigenvalue weighted by atomic mass is 9.98. The van der Waals surface area contributed by atoms with E-state index < -0.39 is 0 Å². The van der Waals surface area contributed by atoms with Crippen LogP contribution >= 0.6 is 0 Å². The second-order valence-electron chi connectivity index (χ2n) is 5.43. The standard InChI is InChI=1S/C18H23NO/c1-13(16-7-5-4-6-8-16)11-12-19-17-10-9-14(2)18(20)15(17)3/h4-10,13,19-20H,11-12H2,1-3H3. The van der Waals surface area contributed by atoms with Gasteiger partial charge in [-0.1, -0.05) is 43.3 Å². The molecule has 106 valence electrons. The largest absolute Gasteiger partial charge is 0.507 e. The van der Waals surface area contributed by atoms with Crippen LogP contribution in [-0.2, 0) is 0 Å². The number of nitrogens with one attached hydrogen (secondary N) is 1. The highest BCUT2D eigenvalue weighted by atomic mass is 16.3. The molecule has 0 bridgehead atoms. The molecule has 2 N–H and O–H groups in total. The maximum Gasteiger partial charge on any atom is 0.123 e. The van der Waals surface area contributed by atoms with E-state index in [1.54, 1.807) is 0 Å². The van der Waals surface area contributed by atoms with Gasteiger partial charge in [0.25, 0.3) is 0 Å². The van der Waals surface area contributed by atoms with Gasteiger partial charge in [0.15, 0.2) is 0 Å². The van der Waals surface area contributed by atoms with Gasteiger partial charge in [-0.3, -0.25) is 0 Å². The van der Waals surface area contributed by atoms with Gasteiger partial charge in [-0.2, -0.15) is 0 Å². The van der Waals surface area contributed by atoms with Crippen LogP contribution < -0.4 is 5.32 Å². The Morgan fingerprint density at radius 2 is 1.75 bits per heavy atom. The SMILES string of the molecule is Cc1ccc(NCCC(C)c2ccccc2)c(C)c1O. The molecule has 0 aliphatic rings. The molecular formula is C18H23NO. The molecule has 20 heavy (non-hydrogen) atoms. The highest BCUT2D eigenvalue weighted by Gasteiger charge is 2.07. The second-order valence-corrected chi connectivity index (χ2v) is 5.43. The van der Waals surface area contributed by atoms with E-state index in [1.807, 2.05) is 32.0 Å². The van der Waals surface area contributed by atoms with Gasteiger partial charge in [-0.15, -0.1) is 0 Å². The molecule has 1 unspecified atom stereocenters. The summed E-state index contributed by atoms with van der Waals surface area (Å²) in [5, 5.41) is 13.4. The zero-order valence-electron chi connectivity index (χ0n) is 12.5. The maximum absolute atomic E-state index is 9.93. The average Bonchev–Trinajstić information content (AvgIpc) is 2.48. The lowest BCUT2D eigenvalue weighted by molar-refractivity contribution is 0.467. The Hall–Kier alpha value is -1.96. The molecule has 2 rings (SSSR count). The number of rotatable bonds is 5. The first-order chi connectivity index (χ1) is 9.59. The second kappa shape index (κ2) is 6.47. The molecule has 1 atom stereocenters. The van der Waals surface area contributed by atoms with Crippen LogP contribution in [0.1, 0.15) is 36.0 Å². The number of phenolic OH excluding ortho intramolecular Hbond substituents is 1. The Bertz CT molecular complexity index is 563. The summed E-state index contributed by atoms with van der Waals surface area (Å²) in [5.74, 6) is 0.925. The minimum absolute atomic E-state index is 0.395. The van der Waals surface area contributed by atoms with Crippen molar-refractivity contribution in [2.45, 2.75) is 33.1 Å². The van der Waals surface area contributed by atoms with Crippen molar-refractivity contribution in [3.8, 4) is 5.75 Å². The zero-order chi connectivity index (χ0) is 14.5. The van der Waals surface area contributed by atoms with Crippen LogP contribution in [0.25, 0.3) is 0 Å². The van der Waals surface area contributed by atoms with E-state index in [2.05, 4.69) is 36.5 Å². The maximum atomic E-state index is 9.93. The molecule has 0 spiro atoms. The molecule has 0 aliphatic carbocycles. The van der Waals surface area contributed by atoms with Crippen LogP contribution in [0.4, 0.5) is 5.69 Å². The molecule has 2 nitrogen and oxygen atoms in total. The number of phenols is 1. The summed E-state index contributed by atoms with van der Waals surface area (Å²) >= 11 is 0. The third-order valence-electron chi connectivity index (χ3n) is 3.89. The quantitative estimate of drug-likeness (QED) is 0.830. The lowest BCUT2D eigenvalue weighted by Gasteiger charge is -2.15. The van der Waals surface area contributed by atoms with Crippen molar-refractivity contribution < 1.29 is 5.11 Å². The molecule has 2 aromatic carbocycles. The van der Waals surface area contributed by atoms with Gasteiger partial charge < -0.3 is 10.4 Å². The van der Waals surface area contributed by atoms with E-state index in [0.29, 0.717) is 11.7 Å². The number of hydrogen-bond donors (Lipinski definition) is 2. The van der Waals surface area contributed by atoms with Gasteiger partial charge in [0, 0.05) is 17.8 Å². The third kappa shape index (κ3) is 3.32. The van der Waals surface area contributed by atoms with E-state index >= 15 is 0 Å². The Morgan fingerprint density at radius 1 is 1.05 bits per heavy atom. The molecule has 0 saturated heterocycles. The Labute approximate surface area is 121 Å². The van der Waals surface area contributed by atoms with E-state index in [-0.39, 0.29) is 0 Å². The van der Waals surface area contributed by atoms with Crippen molar-refractivity contribution >= 4 is 5.69 Å². The van der Waals surface area contributed by atoms with Gasteiger partial charge in [0.2, 0.25) is 0 Å². The van der Waals surface area contributed by atoms with Crippen molar-refractivity contribution in [2.75, 3.05) is 11.9 Å². The first-order valence-corrected chi connectivity index (χ1v) is 7.17. The summed E-state index contributed by atoms with van der Waals surface area (Å²) < 4.78 is 0. The van der Waals surface area contributed by atoms with Gasteiger partial charge >= 0.3 is 0 Å². The molecule has 2 heteroatoms. The number of anilines is 1. The Balaban J connectivity index is 1.92. The summed E-state index contributed by atoms with van der Waals surface area (Å²) in [6.45, 7) is 7.02. The summed E-state index contributed by atoms with van der Waals surface area (Å²) in [5.41, 5.74) is 4.24. The Morgan fingerprint density at radius 3 is 2.45 bits per heavy atom. The summed E-state index contributed by atoms with van der Waals surface area (Å²) in [6, 6.07) is 14.6. The highest BCUT2D eigenvalue weighted by molar-refractivity contribution is 5.59. The molecule has 0 aliphatic heterocycles. The van der Waals surface area contributed by atoms with E-state index in [9.17, 15) is 5.11 Å². The minimum Gasteiger partial charge on any atom is -0.507 e. The monoisotopic (exact) mass is 269 g/mol. The normalized spacial score (nSPS) is 12.2. The fraction of sp³-hybridized carbons (Fsp3) is 0.333. The summed E-state index contributed by atoms with van der Waals surface area (Å²) in [7, 11) is 0. The van der Waals surface area contributed by atoms with E-state index in [0.717, 1.165) is 29.8 Å². The first-order valence-electron chi connectivity index (χ1n) is 7.17. The van der Waals surface area contributed by atoms with Crippen LogP contribution in [0.5, 0.6) is 5.75 Å². The van der Waals surface area contributed by atoms with Gasteiger partial charge in [-0.25, -0.2) is 0 Å². The van der Waals surface area contributed by atoms with Crippen LogP contribution in [0.15, 0.2) is 42.5 Å². The zero-order valence-corrected chi connectivity index (χ0v) is 12.5. The van der Waals surface area contributed by atoms with Crippen LogP contribution in [0.2, 0.25) is 0 Å². The molecule has 0 aromatic heterocycles. The predicted octanol–water partition coefficient (Wildman–Crippen LogP) is 4.61. The predicted molar refractivity (Wildman–Crippen MR) is 85.5 cm³/mol. The molecule has 0 radical (unpaired) electrons. The molecule has 0 heterocycles. The summed E-state index contributed by atoms with van der Waals surface area (Å²) in [6.07, 6.45) is 1.07. The van der Waals surface area contributed by atoms with Gasteiger partial charge in [0.05, 0.1) is 0 Å². The number of aryl methyl sites for hydroxylation is 1. The number of hydrogen-bond acceptors (Lipinski definition) is 2. The van der Waals surface area contributed by atoms with Crippen LogP contribution in [0, 0.1) is 13.8 Å².